The van der Waals surface area contributed by atoms with Crippen LogP contribution in [-0.2, 0) is 19.6 Å². The lowest BCUT2D eigenvalue weighted by atomic mass is 10.1. The number of benzene rings is 2. The molecule has 0 unspecified atom stereocenters. The van der Waals surface area contributed by atoms with Crippen LogP contribution in [0.15, 0.2) is 59.9 Å². The Hall–Kier alpha value is -2.86. The lowest BCUT2D eigenvalue weighted by Crippen LogP contribution is -2.37. The number of hydrogen-bond donors (Lipinski definition) is 2. The predicted molar refractivity (Wildman–Crippen MR) is 128 cm³/mol. The van der Waals surface area contributed by atoms with Crippen LogP contribution in [0.5, 0.6) is 0 Å². The summed E-state index contributed by atoms with van der Waals surface area (Å²) >= 11 is 0. The zero-order valence-corrected chi connectivity index (χ0v) is 18.6. The molecule has 2 aromatic carbocycles. The Morgan fingerprint density at radius 3 is 2.55 bits per heavy atom. The van der Waals surface area contributed by atoms with Crippen molar-refractivity contribution >= 4 is 17.0 Å². The molecular formula is C25H34N6. The van der Waals surface area contributed by atoms with Gasteiger partial charge in [0.05, 0.1) is 17.4 Å². The molecule has 1 aliphatic heterocycles. The second kappa shape index (κ2) is 11.0. The van der Waals surface area contributed by atoms with Crippen LogP contribution in [0.25, 0.3) is 11.0 Å². The Bertz CT molecular complexity index is 969. The molecule has 0 radical (unpaired) electrons. The topological polar surface area (TPSA) is 57.5 Å². The lowest BCUT2D eigenvalue weighted by Gasteiger charge is -2.26. The van der Waals surface area contributed by atoms with Gasteiger partial charge in [-0.05, 0) is 55.6 Å². The Balaban J connectivity index is 1.18. The molecule has 0 bridgehead atoms. The van der Waals surface area contributed by atoms with E-state index in [0.717, 1.165) is 44.1 Å². The zero-order chi connectivity index (χ0) is 21.3. The molecule has 2 N–H and O–H groups in total. The van der Waals surface area contributed by atoms with E-state index in [-0.39, 0.29) is 0 Å². The van der Waals surface area contributed by atoms with Crippen LogP contribution in [0.4, 0.5) is 0 Å². The van der Waals surface area contributed by atoms with Crippen LogP contribution in [0.1, 0.15) is 36.8 Å². The van der Waals surface area contributed by atoms with E-state index in [0.29, 0.717) is 0 Å². The van der Waals surface area contributed by atoms with Gasteiger partial charge in [-0.25, -0.2) is 4.98 Å². The number of aliphatic imine (C=N–C) groups is 1. The highest BCUT2D eigenvalue weighted by Crippen LogP contribution is 2.14. The molecule has 3 aromatic rings. The quantitative estimate of drug-likeness (QED) is 0.332. The molecule has 31 heavy (non-hydrogen) atoms. The van der Waals surface area contributed by atoms with E-state index in [1.165, 1.54) is 49.0 Å². The molecule has 1 saturated heterocycles. The van der Waals surface area contributed by atoms with Gasteiger partial charge in [-0.3, -0.25) is 9.89 Å². The molecule has 0 atom stereocenters. The van der Waals surface area contributed by atoms with Crippen molar-refractivity contribution in [3.05, 3.63) is 66.0 Å². The van der Waals surface area contributed by atoms with Crippen LogP contribution in [0.3, 0.4) is 0 Å². The third-order valence-electron chi connectivity index (χ3n) is 5.96. The highest BCUT2D eigenvalue weighted by molar-refractivity contribution is 5.79. The summed E-state index contributed by atoms with van der Waals surface area (Å²) in [6.07, 6.45) is 7.00. The van der Waals surface area contributed by atoms with Gasteiger partial charge < -0.3 is 15.2 Å². The predicted octanol–water partition coefficient (Wildman–Crippen LogP) is 3.78. The summed E-state index contributed by atoms with van der Waals surface area (Å²) in [5.74, 6) is 0.841. The van der Waals surface area contributed by atoms with Crippen molar-refractivity contribution in [2.24, 2.45) is 4.99 Å². The molecule has 4 rings (SSSR count). The fraction of sp³-hybridized carbons (Fsp3) is 0.440. The molecule has 1 aromatic heterocycles. The average molecular weight is 419 g/mol. The number of nitrogens with one attached hydrogen (secondary N) is 2. The highest BCUT2D eigenvalue weighted by Gasteiger charge is 2.10. The van der Waals surface area contributed by atoms with Gasteiger partial charge in [0.2, 0.25) is 0 Å². The normalized spacial score (nSPS) is 15.3. The average Bonchev–Trinajstić information content (AvgIpc) is 3.23. The molecule has 2 heterocycles. The Kier molecular flexibility index (Phi) is 7.56. The Morgan fingerprint density at radius 1 is 0.968 bits per heavy atom. The van der Waals surface area contributed by atoms with Gasteiger partial charge in [-0.1, -0.05) is 42.8 Å². The van der Waals surface area contributed by atoms with Gasteiger partial charge in [0.25, 0.3) is 0 Å². The van der Waals surface area contributed by atoms with Crippen LogP contribution in [-0.4, -0.2) is 47.1 Å². The lowest BCUT2D eigenvalue weighted by molar-refractivity contribution is 0.221. The van der Waals surface area contributed by atoms with Crippen molar-refractivity contribution in [1.82, 2.24) is 25.1 Å². The summed E-state index contributed by atoms with van der Waals surface area (Å²) in [4.78, 5) is 11.4. The number of aryl methyl sites for hydroxylation is 1. The maximum absolute atomic E-state index is 4.45. The number of rotatable bonds is 8. The monoisotopic (exact) mass is 418 g/mol. The van der Waals surface area contributed by atoms with E-state index in [4.69, 9.17) is 0 Å². The first-order chi connectivity index (χ1) is 15.3. The number of imidazole rings is 1. The van der Waals surface area contributed by atoms with Crippen molar-refractivity contribution in [3.63, 3.8) is 0 Å². The number of guanidine groups is 1. The van der Waals surface area contributed by atoms with Crippen LogP contribution >= 0.6 is 0 Å². The first kappa shape index (κ1) is 21.4. The Morgan fingerprint density at radius 2 is 1.74 bits per heavy atom. The summed E-state index contributed by atoms with van der Waals surface area (Å²) in [5.41, 5.74) is 4.92. The third kappa shape index (κ3) is 6.07. The standard InChI is InChI=1S/C25H34N6/c1-26-25(27-14-7-17-31-20-29-23-8-3-4-9-24(23)31)28-18-21-10-12-22(13-11-21)19-30-15-5-2-6-16-30/h3-4,8-13,20H,2,5-7,14-19H2,1H3,(H2,26,27,28). The van der Waals surface area contributed by atoms with E-state index < -0.39 is 0 Å². The van der Waals surface area contributed by atoms with E-state index in [1.807, 2.05) is 19.4 Å². The summed E-state index contributed by atoms with van der Waals surface area (Å²) in [6.45, 7) is 6.12. The number of hydrogen-bond acceptors (Lipinski definition) is 3. The molecule has 0 saturated carbocycles. The van der Waals surface area contributed by atoms with Crippen LogP contribution in [0, 0.1) is 0 Å². The smallest absolute Gasteiger partial charge is 0.191 e. The van der Waals surface area contributed by atoms with Gasteiger partial charge in [-0.15, -0.1) is 0 Å². The number of piperidine rings is 1. The van der Waals surface area contributed by atoms with Crippen molar-refractivity contribution < 1.29 is 0 Å². The summed E-state index contributed by atoms with van der Waals surface area (Å²) < 4.78 is 2.21. The van der Waals surface area contributed by atoms with Crippen molar-refractivity contribution in [3.8, 4) is 0 Å². The van der Waals surface area contributed by atoms with Gasteiger partial charge >= 0.3 is 0 Å². The van der Waals surface area contributed by atoms with Gasteiger partial charge in [0.1, 0.15) is 0 Å². The first-order valence-corrected chi connectivity index (χ1v) is 11.5. The molecule has 1 fully saturated rings. The number of nitrogens with zero attached hydrogens (tertiary/aromatic N) is 4. The number of likely N-dealkylation sites (tertiary alicyclic amines) is 1. The van der Waals surface area contributed by atoms with E-state index in [2.05, 4.69) is 72.5 Å². The fourth-order valence-corrected chi connectivity index (χ4v) is 4.19. The van der Waals surface area contributed by atoms with Crippen molar-refractivity contribution in [2.45, 2.75) is 45.3 Å². The van der Waals surface area contributed by atoms with E-state index in [9.17, 15) is 0 Å². The molecule has 1 aliphatic rings. The molecule has 6 nitrogen and oxygen atoms in total. The first-order valence-electron chi connectivity index (χ1n) is 11.5. The van der Waals surface area contributed by atoms with Crippen LogP contribution < -0.4 is 10.6 Å². The molecule has 0 amide bonds. The van der Waals surface area contributed by atoms with Crippen molar-refractivity contribution in [1.29, 1.82) is 0 Å². The second-order valence-electron chi connectivity index (χ2n) is 8.29. The van der Waals surface area contributed by atoms with Gasteiger partial charge in [0.15, 0.2) is 5.96 Å². The number of para-hydroxylation sites is 2. The zero-order valence-electron chi connectivity index (χ0n) is 18.6. The minimum absolute atomic E-state index is 0.774. The SMILES string of the molecule is CN=C(NCCCn1cnc2ccccc21)NCc1ccc(CN2CCCCC2)cc1. The van der Waals surface area contributed by atoms with Crippen molar-refractivity contribution in [2.75, 3.05) is 26.7 Å². The maximum Gasteiger partial charge on any atom is 0.191 e. The van der Waals surface area contributed by atoms with Crippen LogP contribution in [0.2, 0.25) is 0 Å². The minimum Gasteiger partial charge on any atom is -0.356 e. The van der Waals surface area contributed by atoms with Gasteiger partial charge in [-0.2, -0.15) is 0 Å². The Labute approximate surface area is 185 Å². The van der Waals surface area contributed by atoms with E-state index in [1.54, 1.807) is 0 Å². The number of aromatic nitrogens is 2. The van der Waals surface area contributed by atoms with E-state index >= 15 is 0 Å². The van der Waals surface area contributed by atoms with Gasteiger partial charge in [0, 0.05) is 33.2 Å². The number of fused-ring (bicyclic) bond motifs is 1. The molecule has 0 aliphatic carbocycles. The molecule has 0 spiro atoms. The summed E-state index contributed by atoms with van der Waals surface area (Å²) in [5, 5.41) is 6.83. The summed E-state index contributed by atoms with van der Waals surface area (Å²) in [6, 6.07) is 17.2. The maximum atomic E-state index is 4.45. The molecular weight excluding hydrogens is 384 g/mol. The highest BCUT2D eigenvalue weighted by atomic mass is 15.2. The third-order valence-corrected chi connectivity index (χ3v) is 5.96. The second-order valence-corrected chi connectivity index (χ2v) is 8.29. The molecule has 164 valence electrons. The molecule has 6 heteroatoms. The summed E-state index contributed by atoms with van der Waals surface area (Å²) in [7, 11) is 1.82. The largest absolute Gasteiger partial charge is 0.356 e. The fourth-order valence-electron chi connectivity index (χ4n) is 4.19. The minimum atomic E-state index is 0.774.